The summed E-state index contributed by atoms with van der Waals surface area (Å²) in [5, 5.41) is 3.27. The van der Waals surface area contributed by atoms with Gasteiger partial charge in [0.2, 0.25) is 0 Å². The van der Waals surface area contributed by atoms with Crippen LogP contribution in [0.3, 0.4) is 0 Å². The van der Waals surface area contributed by atoms with E-state index in [1.807, 2.05) is 24.3 Å². The molecule has 2 rings (SSSR count). The molecular weight excluding hydrogens is 269 g/mol. The third kappa shape index (κ3) is 3.29. The first-order valence-corrected chi connectivity index (χ1v) is 6.67. The standard InChI is InChI=1S/C13H17BrFN/c14-11-5-3-4-10(8-11)9-12(15)13-6-1-2-7-16-13/h3-5,8,12-13,16H,1-2,6-7,9H2. The zero-order valence-electron chi connectivity index (χ0n) is 9.26. The molecule has 0 radical (unpaired) electrons. The number of halogens is 2. The molecule has 0 aromatic heterocycles. The number of piperidine rings is 1. The van der Waals surface area contributed by atoms with Crippen molar-refractivity contribution in [3.63, 3.8) is 0 Å². The third-order valence-electron chi connectivity index (χ3n) is 3.10. The maximum Gasteiger partial charge on any atom is 0.119 e. The summed E-state index contributed by atoms with van der Waals surface area (Å²) in [4.78, 5) is 0. The van der Waals surface area contributed by atoms with Gasteiger partial charge in [0.15, 0.2) is 0 Å². The lowest BCUT2D eigenvalue weighted by molar-refractivity contribution is 0.217. The van der Waals surface area contributed by atoms with Gasteiger partial charge in [0, 0.05) is 16.9 Å². The van der Waals surface area contributed by atoms with E-state index < -0.39 is 6.17 Å². The van der Waals surface area contributed by atoms with Crippen LogP contribution in [-0.4, -0.2) is 18.8 Å². The Morgan fingerprint density at radius 1 is 1.44 bits per heavy atom. The second-order valence-electron chi connectivity index (χ2n) is 4.41. The van der Waals surface area contributed by atoms with Crippen LogP contribution in [0.1, 0.15) is 24.8 Å². The van der Waals surface area contributed by atoms with E-state index in [9.17, 15) is 4.39 Å². The Morgan fingerprint density at radius 3 is 3.00 bits per heavy atom. The van der Waals surface area contributed by atoms with Gasteiger partial charge < -0.3 is 5.32 Å². The molecule has 0 aliphatic carbocycles. The molecule has 1 saturated heterocycles. The van der Waals surface area contributed by atoms with Gasteiger partial charge in [0.1, 0.15) is 6.17 Å². The van der Waals surface area contributed by atoms with Gasteiger partial charge in [-0.2, -0.15) is 0 Å². The molecule has 1 fully saturated rings. The number of alkyl halides is 1. The highest BCUT2D eigenvalue weighted by molar-refractivity contribution is 9.10. The lowest BCUT2D eigenvalue weighted by Gasteiger charge is -2.26. The molecule has 1 aliphatic heterocycles. The zero-order chi connectivity index (χ0) is 11.4. The van der Waals surface area contributed by atoms with Crippen LogP contribution in [-0.2, 0) is 6.42 Å². The van der Waals surface area contributed by atoms with E-state index in [-0.39, 0.29) is 6.04 Å². The maximum atomic E-state index is 14.0. The van der Waals surface area contributed by atoms with Crippen molar-refractivity contribution in [1.29, 1.82) is 0 Å². The van der Waals surface area contributed by atoms with Crippen LogP contribution in [0, 0.1) is 0 Å². The van der Waals surface area contributed by atoms with Crippen LogP contribution in [0.15, 0.2) is 28.7 Å². The summed E-state index contributed by atoms with van der Waals surface area (Å²) in [6.45, 7) is 0.962. The second kappa shape index (κ2) is 5.78. The maximum absolute atomic E-state index is 14.0. The van der Waals surface area contributed by atoms with Crippen molar-refractivity contribution in [3.8, 4) is 0 Å². The van der Waals surface area contributed by atoms with Gasteiger partial charge in [0.05, 0.1) is 0 Å². The van der Waals surface area contributed by atoms with E-state index in [1.54, 1.807) is 0 Å². The van der Waals surface area contributed by atoms with Gasteiger partial charge in [-0.3, -0.25) is 0 Å². The van der Waals surface area contributed by atoms with E-state index in [4.69, 9.17) is 0 Å². The fourth-order valence-corrected chi connectivity index (χ4v) is 2.67. The van der Waals surface area contributed by atoms with E-state index in [0.717, 1.165) is 29.4 Å². The van der Waals surface area contributed by atoms with E-state index in [1.165, 1.54) is 6.42 Å². The van der Waals surface area contributed by atoms with Crippen LogP contribution in [0.4, 0.5) is 4.39 Å². The Bertz CT molecular complexity index is 336. The summed E-state index contributed by atoms with van der Waals surface area (Å²) < 4.78 is 15.1. The molecular formula is C13H17BrFN. The first kappa shape index (κ1) is 12.1. The van der Waals surface area contributed by atoms with Crippen molar-refractivity contribution in [1.82, 2.24) is 5.32 Å². The average molecular weight is 286 g/mol. The number of hydrogen-bond donors (Lipinski definition) is 1. The second-order valence-corrected chi connectivity index (χ2v) is 5.32. The van der Waals surface area contributed by atoms with Gasteiger partial charge in [0.25, 0.3) is 0 Å². The predicted octanol–water partition coefficient (Wildman–Crippen LogP) is 3.47. The predicted molar refractivity (Wildman–Crippen MR) is 68.4 cm³/mol. The first-order valence-electron chi connectivity index (χ1n) is 5.87. The van der Waals surface area contributed by atoms with Crippen molar-refractivity contribution < 1.29 is 4.39 Å². The third-order valence-corrected chi connectivity index (χ3v) is 3.60. The van der Waals surface area contributed by atoms with Gasteiger partial charge in [-0.05, 0) is 37.1 Å². The summed E-state index contributed by atoms with van der Waals surface area (Å²) in [6, 6.07) is 7.96. The highest BCUT2D eigenvalue weighted by atomic mass is 79.9. The molecule has 1 N–H and O–H groups in total. The molecule has 3 heteroatoms. The molecule has 0 saturated carbocycles. The Hall–Kier alpha value is -0.410. The summed E-state index contributed by atoms with van der Waals surface area (Å²) >= 11 is 3.41. The molecule has 2 unspecified atom stereocenters. The lowest BCUT2D eigenvalue weighted by Crippen LogP contribution is -2.42. The molecule has 1 aliphatic rings. The number of nitrogens with one attached hydrogen (secondary N) is 1. The van der Waals surface area contributed by atoms with Crippen LogP contribution in [0.2, 0.25) is 0 Å². The SMILES string of the molecule is FC(Cc1cccc(Br)c1)C1CCCCN1. The summed E-state index contributed by atoms with van der Waals surface area (Å²) in [6.07, 6.45) is 3.04. The molecule has 0 bridgehead atoms. The molecule has 1 aromatic carbocycles. The van der Waals surface area contributed by atoms with Gasteiger partial charge in [-0.15, -0.1) is 0 Å². The van der Waals surface area contributed by atoms with Crippen LogP contribution in [0.5, 0.6) is 0 Å². The zero-order valence-corrected chi connectivity index (χ0v) is 10.8. The Morgan fingerprint density at radius 2 is 2.31 bits per heavy atom. The van der Waals surface area contributed by atoms with Crippen molar-refractivity contribution in [3.05, 3.63) is 34.3 Å². The molecule has 1 nitrogen and oxygen atoms in total. The Balaban J connectivity index is 1.93. The summed E-state index contributed by atoms with van der Waals surface area (Å²) in [7, 11) is 0. The van der Waals surface area contributed by atoms with E-state index >= 15 is 0 Å². The lowest BCUT2D eigenvalue weighted by atomic mass is 9.96. The van der Waals surface area contributed by atoms with Gasteiger partial charge in [-0.1, -0.05) is 34.5 Å². The van der Waals surface area contributed by atoms with Crippen LogP contribution < -0.4 is 5.32 Å². The minimum absolute atomic E-state index is 0.0488. The Kier molecular flexibility index (Phi) is 4.36. The molecule has 16 heavy (non-hydrogen) atoms. The molecule has 1 aromatic rings. The van der Waals surface area contributed by atoms with Crippen molar-refractivity contribution in [2.45, 2.75) is 37.9 Å². The topological polar surface area (TPSA) is 12.0 Å². The number of rotatable bonds is 3. The summed E-state index contributed by atoms with van der Waals surface area (Å²) in [5.74, 6) is 0. The summed E-state index contributed by atoms with van der Waals surface area (Å²) in [5.41, 5.74) is 1.06. The van der Waals surface area contributed by atoms with Crippen molar-refractivity contribution in [2.24, 2.45) is 0 Å². The molecule has 0 amide bonds. The quantitative estimate of drug-likeness (QED) is 0.897. The van der Waals surface area contributed by atoms with Crippen LogP contribution in [0.25, 0.3) is 0 Å². The number of benzene rings is 1. The highest BCUT2D eigenvalue weighted by Gasteiger charge is 2.22. The number of hydrogen-bond acceptors (Lipinski definition) is 1. The van der Waals surface area contributed by atoms with Crippen LogP contribution >= 0.6 is 15.9 Å². The van der Waals surface area contributed by atoms with Crippen molar-refractivity contribution in [2.75, 3.05) is 6.54 Å². The Labute approximate surface area is 105 Å². The van der Waals surface area contributed by atoms with Crippen molar-refractivity contribution >= 4 is 15.9 Å². The molecule has 88 valence electrons. The van der Waals surface area contributed by atoms with E-state index in [0.29, 0.717) is 6.42 Å². The molecule has 1 heterocycles. The van der Waals surface area contributed by atoms with Gasteiger partial charge in [-0.25, -0.2) is 4.39 Å². The van der Waals surface area contributed by atoms with Gasteiger partial charge >= 0.3 is 0 Å². The minimum Gasteiger partial charge on any atom is -0.311 e. The normalized spacial score (nSPS) is 23.0. The molecule has 2 atom stereocenters. The molecule has 0 spiro atoms. The average Bonchev–Trinajstić information content (AvgIpc) is 2.30. The largest absolute Gasteiger partial charge is 0.311 e. The first-order chi connectivity index (χ1) is 7.75. The fourth-order valence-electron chi connectivity index (χ4n) is 2.22. The smallest absolute Gasteiger partial charge is 0.119 e. The fraction of sp³-hybridized carbons (Fsp3) is 0.538. The minimum atomic E-state index is -0.769. The highest BCUT2D eigenvalue weighted by Crippen LogP contribution is 2.19. The monoisotopic (exact) mass is 285 g/mol. The van der Waals surface area contributed by atoms with E-state index in [2.05, 4.69) is 21.2 Å².